The highest BCUT2D eigenvalue weighted by Gasteiger charge is 2.21. The number of ether oxygens (including phenoxy) is 2. The van der Waals surface area contributed by atoms with Crippen LogP contribution in [0.3, 0.4) is 0 Å². The molecule has 11 heteroatoms. The van der Waals surface area contributed by atoms with Crippen molar-refractivity contribution in [3.8, 4) is 0 Å². The van der Waals surface area contributed by atoms with Crippen LogP contribution in [0.1, 0.15) is 26.3 Å². The van der Waals surface area contributed by atoms with Crippen molar-refractivity contribution in [2.75, 3.05) is 32.3 Å². The zero-order chi connectivity index (χ0) is 23.2. The number of anilines is 1. The number of hydrogen-bond donors (Lipinski definition) is 1. The lowest BCUT2D eigenvalue weighted by Gasteiger charge is -2.20. The molecule has 0 radical (unpaired) electrons. The number of esters is 2. The normalized spacial score (nSPS) is 11.1. The van der Waals surface area contributed by atoms with Crippen molar-refractivity contribution in [3.05, 3.63) is 63.6 Å². The summed E-state index contributed by atoms with van der Waals surface area (Å²) in [4.78, 5) is 36.3. The summed E-state index contributed by atoms with van der Waals surface area (Å²) in [6, 6.07) is 10.9. The van der Waals surface area contributed by atoms with E-state index in [0.717, 1.165) is 15.0 Å². The number of methoxy groups -OCH3 is 2. The topological polar surface area (TPSA) is 119 Å². The molecule has 2 aromatic rings. The van der Waals surface area contributed by atoms with Gasteiger partial charge in [0.2, 0.25) is 15.9 Å². The first kappa shape index (κ1) is 24.5. The summed E-state index contributed by atoms with van der Waals surface area (Å²) in [5.74, 6) is -2.08. The summed E-state index contributed by atoms with van der Waals surface area (Å²) in [6.07, 6.45) is 1.01. The minimum atomic E-state index is -3.70. The molecule has 0 aliphatic heterocycles. The summed E-state index contributed by atoms with van der Waals surface area (Å²) in [6.45, 7) is -0.472. The standard InChI is InChI=1S/C20H21BrN2O7S/c1-29-19(25)14-8-15(20(26)30-2)10-17(9-14)22-18(24)12-23(31(3,27)28)11-13-4-6-16(21)7-5-13/h4-10H,11-12H2,1-3H3,(H,22,24). The zero-order valence-corrected chi connectivity index (χ0v) is 19.4. The molecule has 0 bridgehead atoms. The van der Waals surface area contributed by atoms with Gasteiger partial charge in [0.25, 0.3) is 0 Å². The third kappa shape index (κ3) is 7.16. The van der Waals surface area contributed by atoms with E-state index in [2.05, 4.69) is 30.7 Å². The molecule has 1 N–H and O–H groups in total. The molecule has 0 aliphatic rings. The van der Waals surface area contributed by atoms with Crippen LogP contribution in [0, 0.1) is 0 Å². The van der Waals surface area contributed by atoms with Gasteiger partial charge in [0.1, 0.15) is 0 Å². The summed E-state index contributed by atoms with van der Waals surface area (Å²) in [7, 11) is -1.34. The van der Waals surface area contributed by atoms with Gasteiger partial charge >= 0.3 is 11.9 Å². The molecule has 2 rings (SSSR count). The van der Waals surface area contributed by atoms with Gasteiger partial charge in [0, 0.05) is 16.7 Å². The van der Waals surface area contributed by atoms with Gasteiger partial charge in [0.15, 0.2) is 0 Å². The first-order valence-electron chi connectivity index (χ1n) is 8.84. The maximum absolute atomic E-state index is 12.6. The van der Waals surface area contributed by atoms with Crippen molar-refractivity contribution in [2.24, 2.45) is 0 Å². The fourth-order valence-corrected chi connectivity index (χ4v) is 3.62. The van der Waals surface area contributed by atoms with Crippen LogP contribution in [0.15, 0.2) is 46.9 Å². The predicted molar refractivity (Wildman–Crippen MR) is 117 cm³/mol. The van der Waals surface area contributed by atoms with E-state index in [1.54, 1.807) is 24.3 Å². The van der Waals surface area contributed by atoms with Gasteiger partial charge in [-0.15, -0.1) is 0 Å². The van der Waals surface area contributed by atoms with Crippen molar-refractivity contribution < 1.29 is 32.3 Å². The smallest absolute Gasteiger partial charge is 0.337 e. The summed E-state index contributed by atoms with van der Waals surface area (Å²) < 4.78 is 35.5. The van der Waals surface area contributed by atoms with Gasteiger partial charge in [0.05, 0.1) is 38.1 Å². The molecular weight excluding hydrogens is 492 g/mol. The molecule has 0 heterocycles. The van der Waals surface area contributed by atoms with Gasteiger partial charge < -0.3 is 14.8 Å². The number of nitrogens with zero attached hydrogens (tertiary/aromatic N) is 1. The number of sulfonamides is 1. The Morgan fingerprint density at radius 2 is 1.48 bits per heavy atom. The summed E-state index contributed by atoms with van der Waals surface area (Å²) in [5.41, 5.74) is 0.860. The lowest BCUT2D eigenvalue weighted by Crippen LogP contribution is -2.37. The van der Waals surface area contributed by atoms with Crippen LogP contribution in [0.25, 0.3) is 0 Å². The number of amides is 1. The van der Waals surface area contributed by atoms with Gasteiger partial charge in [-0.3, -0.25) is 4.79 Å². The number of hydrogen-bond acceptors (Lipinski definition) is 7. The van der Waals surface area contributed by atoms with Crippen molar-refractivity contribution >= 4 is 49.5 Å². The number of rotatable bonds is 8. The van der Waals surface area contributed by atoms with E-state index < -0.39 is 34.4 Å². The Morgan fingerprint density at radius 1 is 0.968 bits per heavy atom. The molecule has 0 saturated carbocycles. The summed E-state index contributed by atoms with van der Waals surface area (Å²) >= 11 is 3.31. The molecule has 0 unspecified atom stereocenters. The Balaban J connectivity index is 2.24. The van der Waals surface area contributed by atoms with Gasteiger partial charge in [-0.2, -0.15) is 4.31 Å². The van der Waals surface area contributed by atoms with Gasteiger partial charge in [-0.1, -0.05) is 28.1 Å². The first-order chi connectivity index (χ1) is 14.5. The van der Waals surface area contributed by atoms with Crippen LogP contribution < -0.4 is 5.32 Å². The highest BCUT2D eigenvalue weighted by atomic mass is 79.9. The third-order valence-electron chi connectivity index (χ3n) is 4.12. The van der Waals surface area contributed by atoms with Crippen molar-refractivity contribution in [2.45, 2.75) is 6.54 Å². The molecule has 166 valence electrons. The molecule has 2 aromatic carbocycles. The fourth-order valence-electron chi connectivity index (χ4n) is 2.62. The SMILES string of the molecule is COC(=O)c1cc(NC(=O)CN(Cc2ccc(Br)cc2)S(C)(=O)=O)cc(C(=O)OC)c1. The van der Waals surface area contributed by atoms with E-state index in [0.29, 0.717) is 5.56 Å². The number of carbonyl (C=O) groups excluding carboxylic acids is 3. The van der Waals surface area contributed by atoms with E-state index in [1.807, 2.05) is 0 Å². The van der Waals surface area contributed by atoms with Gasteiger partial charge in [-0.05, 0) is 35.9 Å². The molecule has 0 aliphatic carbocycles. The fraction of sp³-hybridized carbons (Fsp3) is 0.250. The quantitative estimate of drug-likeness (QED) is 0.539. The van der Waals surface area contributed by atoms with E-state index in [4.69, 9.17) is 0 Å². The predicted octanol–water partition coefficient (Wildman–Crippen LogP) is 2.42. The molecule has 0 spiro atoms. The molecule has 0 fully saturated rings. The van der Waals surface area contributed by atoms with Crippen LogP contribution in [0.5, 0.6) is 0 Å². The van der Waals surface area contributed by atoms with Gasteiger partial charge in [-0.25, -0.2) is 18.0 Å². The Hall–Kier alpha value is -2.76. The van der Waals surface area contributed by atoms with E-state index >= 15 is 0 Å². The second-order valence-electron chi connectivity index (χ2n) is 6.49. The Labute approximate surface area is 188 Å². The second-order valence-corrected chi connectivity index (χ2v) is 9.39. The molecule has 0 atom stereocenters. The molecular formula is C20H21BrN2O7S. The molecule has 0 saturated heterocycles. The lowest BCUT2D eigenvalue weighted by atomic mass is 10.1. The first-order valence-corrected chi connectivity index (χ1v) is 11.5. The van der Waals surface area contributed by atoms with E-state index in [-0.39, 0.29) is 23.4 Å². The van der Waals surface area contributed by atoms with E-state index in [9.17, 15) is 22.8 Å². The Bertz CT molecular complexity index is 1050. The zero-order valence-electron chi connectivity index (χ0n) is 17.0. The van der Waals surface area contributed by atoms with Crippen LogP contribution in [0.2, 0.25) is 0 Å². The molecule has 0 aromatic heterocycles. The monoisotopic (exact) mass is 512 g/mol. The Morgan fingerprint density at radius 3 is 1.94 bits per heavy atom. The van der Waals surface area contributed by atoms with Crippen molar-refractivity contribution in [1.82, 2.24) is 4.31 Å². The average Bonchev–Trinajstić information content (AvgIpc) is 2.72. The van der Waals surface area contributed by atoms with Crippen molar-refractivity contribution in [3.63, 3.8) is 0 Å². The molecule has 9 nitrogen and oxygen atoms in total. The van der Waals surface area contributed by atoms with Crippen LogP contribution in [-0.2, 0) is 30.8 Å². The summed E-state index contributed by atoms with van der Waals surface area (Å²) in [5, 5.41) is 2.51. The second kappa shape index (κ2) is 10.5. The van der Waals surface area contributed by atoms with Crippen LogP contribution in [-0.4, -0.2) is 57.6 Å². The lowest BCUT2D eigenvalue weighted by molar-refractivity contribution is -0.116. The maximum atomic E-state index is 12.6. The van der Waals surface area contributed by atoms with Crippen LogP contribution in [0.4, 0.5) is 5.69 Å². The number of carbonyl (C=O) groups is 3. The minimum Gasteiger partial charge on any atom is -0.465 e. The Kier molecular flexibility index (Phi) is 8.31. The highest BCUT2D eigenvalue weighted by Crippen LogP contribution is 2.18. The number of nitrogens with one attached hydrogen (secondary N) is 1. The molecule has 31 heavy (non-hydrogen) atoms. The third-order valence-corrected chi connectivity index (χ3v) is 5.85. The van der Waals surface area contributed by atoms with Crippen molar-refractivity contribution in [1.29, 1.82) is 0 Å². The molecule has 1 amide bonds. The van der Waals surface area contributed by atoms with E-state index in [1.165, 1.54) is 32.4 Å². The largest absolute Gasteiger partial charge is 0.465 e. The maximum Gasteiger partial charge on any atom is 0.337 e. The number of benzene rings is 2. The minimum absolute atomic E-state index is 0.00482. The number of halogens is 1. The highest BCUT2D eigenvalue weighted by molar-refractivity contribution is 9.10. The van der Waals surface area contributed by atoms with Crippen LogP contribution >= 0.6 is 15.9 Å². The average molecular weight is 513 g/mol.